The van der Waals surface area contributed by atoms with Gasteiger partial charge >= 0.3 is 0 Å². The van der Waals surface area contributed by atoms with Gasteiger partial charge < -0.3 is 36.4 Å². The molecule has 0 aliphatic heterocycles. The number of phenols is 1. The second kappa shape index (κ2) is 21.9. The van der Waals surface area contributed by atoms with Crippen LogP contribution in [-0.4, -0.2) is 112 Å². The number of rotatable bonds is 19. The molecule has 0 heterocycles. The first kappa shape index (κ1) is 50.4. The molecule has 13 heteroatoms. The van der Waals surface area contributed by atoms with Gasteiger partial charge in [0.05, 0.1) is 40.4 Å². The third kappa shape index (κ3) is 9.86. The lowest BCUT2D eigenvalue weighted by Crippen LogP contribution is -2.65. The molecule has 7 N–H and O–H groups in total. The normalized spacial score (nSPS) is 25.8. The van der Waals surface area contributed by atoms with Crippen molar-refractivity contribution < 1.29 is 39.6 Å². The highest BCUT2D eigenvalue weighted by atomic mass is 31.2. The van der Waals surface area contributed by atoms with Gasteiger partial charge in [0.2, 0.25) is 11.7 Å². The Morgan fingerprint density at radius 1 is 0.758 bits per heavy atom. The highest BCUT2D eigenvalue weighted by molar-refractivity contribution is 7.77. The number of primary amides is 1. The molecule has 4 saturated carbocycles. The van der Waals surface area contributed by atoms with Gasteiger partial charge in [-0.25, -0.2) is 0 Å². The van der Waals surface area contributed by atoms with E-state index in [0.717, 1.165) is 36.2 Å². The van der Waals surface area contributed by atoms with Gasteiger partial charge in [-0.05, 0) is 141 Å². The van der Waals surface area contributed by atoms with Crippen LogP contribution in [0.5, 0.6) is 5.75 Å². The minimum Gasteiger partial charge on any atom is -0.508 e. The summed E-state index contributed by atoms with van der Waals surface area (Å²) < 4.78 is 0. The summed E-state index contributed by atoms with van der Waals surface area (Å²) in [5.74, 6) is -7.39. The fraction of sp³-hybridized carbons (Fsp3) is 0.736. The number of fused-ring (bicyclic) bond motifs is 3. The average Bonchev–Trinajstić information content (AvgIpc) is 3.29. The maximum Gasteiger partial charge on any atom is 0.255 e. The number of carbonyl (C=O) groups excluding carboxylic acids is 4. The first-order chi connectivity index (χ1) is 31.6. The molecule has 0 bridgehead atoms. The predicted molar refractivity (Wildman–Crippen MR) is 266 cm³/mol. The summed E-state index contributed by atoms with van der Waals surface area (Å²) in [5.41, 5.74) is 6.07. The molecule has 0 saturated heterocycles. The molecule has 0 unspecified atom stereocenters. The number of amides is 2. The standard InChI is InChI=1S/C53H81N4O8P/c1-56(2)41-33-40(47(59)44-38(41)31-34-32-39-46(57(3)4)49(61)45(52(54)64)51(63)53(39,65)50(62)43(34)48(44)60)55-42(58)29-21-10-8-6-5-7-9-11-22-30-66(35-23-15-12-16-24-35,36-25-17-13-18-26-36)37-27-19-14-20-28-37/h33-37,39,46,65H,5-32H2,1-4H3,(H5-,54,55,58,59,60,61,62,63,64)/p+1/t34-,39-,46-,53-/m0/s1. The van der Waals surface area contributed by atoms with Crippen LogP contribution in [0.25, 0.3) is 5.76 Å². The second-order valence-corrected chi connectivity index (χ2v) is 26.2. The van der Waals surface area contributed by atoms with Crippen molar-refractivity contribution in [2.75, 3.05) is 44.6 Å². The summed E-state index contributed by atoms with van der Waals surface area (Å²) in [6.07, 6.45) is 35.1. The number of aromatic hydroxyl groups is 1. The van der Waals surface area contributed by atoms with Gasteiger partial charge in [-0.1, -0.05) is 57.8 Å². The molecular weight excluding hydrogens is 852 g/mol. The van der Waals surface area contributed by atoms with Crippen molar-refractivity contribution in [2.24, 2.45) is 17.6 Å². The molecule has 66 heavy (non-hydrogen) atoms. The van der Waals surface area contributed by atoms with Crippen LogP contribution in [0.4, 0.5) is 11.4 Å². The fourth-order valence-corrected chi connectivity index (χ4v) is 21.7. The first-order valence-electron chi connectivity index (χ1n) is 26.0. The van der Waals surface area contributed by atoms with Crippen LogP contribution in [0.3, 0.4) is 0 Å². The molecule has 1 aromatic carbocycles. The fourth-order valence-electron chi connectivity index (χ4n) is 14.0. The lowest BCUT2D eigenvalue weighted by molar-refractivity contribution is -0.153. The molecule has 2 amide bonds. The number of nitrogens with two attached hydrogens (primary N) is 1. The monoisotopic (exact) mass is 934 g/mol. The number of hydrogen-bond acceptors (Lipinski definition) is 10. The quantitative estimate of drug-likeness (QED) is 0.0337. The number of nitrogens with one attached hydrogen (secondary N) is 1. The van der Waals surface area contributed by atoms with Crippen molar-refractivity contribution in [3.63, 3.8) is 0 Å². The minimum absolute atomic E-state index is 0.000504. The zero-order valence-electron chi connectivity index (χ0n) is 40.7. The highest BCUT2D eigenvalue weighted by Gasteiger charge is 2.64. The molecule has 12 nitrogen and oxygen atoms in total. The van der Waals surface area contributed by atoms with Gasteiger partial charge in [-0.3, -0.25) is 24.1 Å². The number of unbranched alkanes of at least 4 members (excludes halogenated alkanes) is 8. The maximum atomic E-state index is 14.3. The van der Waals surface area contributed by atoms with E-state index in [1.54, 1.807) is 45.3 Å². The Morgan fingerprint density at radius 2 is 1.26 bits per heavy atom. The summed E-state index contributed by atoms with van der Waals surface area (Å²) in [5, 5.41) is 49.5. The summed E-state index contributed by atoms with van der Waals surface area (Å²) in [7, 11) is 5.76. The topological polar surface area (TPSA) is 194 Å². The number of benzene rings is 1. The summed E-state index contributed by atoms with van der Waals surface area (Å²) in [6.45, 7) is 0. The molecule has 1 aromatic rings. The van der Waals surface area contributed by atoms with Gasteiger partial charge in [-0.2, -0.15) is 0 Å². The zero-order chi connectivity index (χ0) is 47.3. The molecule has 6 aliphatic carbocycles. The lowest BCUT2D eigenvalue weighted by atomic mass is 9.57. The van der Waals surface area contributed by atoms with E-state index >= 15 is 0 Å². The predicted octanol–water partition coefficient (Wildman–Crippen LogP) is 9.89. The zero-order valence-corrected chi connectivity index (χ0v) is 41.6. The molecule has 0 aromatic heterocycles. The molecule has 7 rings (SSSR count). The van der Waals surface area contributed by atoms with E-state index in [2.05, 4.69) is 5.32 Å². The molecule has 366 valence electrons. The van der Waals surface area contributed by atoms with Crippen LogP contribution in [-0.2, 0) is 25.6 Å². The number of aliphatic hydroxyl groups is 3. The van der Waals surface area contributed by atoms with E-state index in [1.165, 1.54) is 133 Å². The van der Waals surface area contributed by atoms with Crippen molar-refractivity contribution in [3.8, 4) is 5.75 Å². The van der Waals surface area contributed by atoms with Gasteiger partial charge in [0.1, 0.15) is 22.8 Å². The molecule has 4 fully saturated rings. The number of phenolic OH excluding ortho intramolecular Hbond substituents is 1. The largest absolute Gasteiger partial charge is 0.508 e. The Balaban J connectivity index is 0.917. The second-order valence-electron chi connectivity index (χ2n) is 21.6. The third-order valence-electron chi connectivity index (χ3n) is 17.2. The minimum atomic E-state index is -2.72. The summed E-state index contributed by atoms with van der Waals surface area (Å²) in [4.78, 5) is 56.7. The lowest BCUT2D eigenvalue weighted by Gasteiger charge is -2.50. The number of nitrogens with zero attached hydrogens (tertiary/aromatic N) is 2. The van der Waals surface area contributed by atoms with Gasteiger partial charge in [0, 0.05) is 45.0 Å². The number of hydrogen-bond donors (Lipinski definition) is 6. The van der Waals surface area contributed by atoms with Crippen LogP contribution in [0.15, 0.2) is 23.0 Å². The first-order valence-corrected chi connectivity index (χ1v) is 28.2. The number of Topliss-reactive ketones (excluding diaryl/α,β-unsaturated/α-hetero) is 2. The third-order valence-corrected chi connectivity index (χ3v) is 23.9. The Labute approximate surface area is 394 Å². The Bertz CT molecular complexity index is 1970. The number of likely N-dealkylation sites (N-methyl/N-ethyl adjacent to an activating group) is 1. The number of carbonyl (C=O) groups is 4. The molecule has 6 aliphatic rings. The van der Waals surface area contributed by atoms with Crippen molar-refractivity contribution in [1.82, 2.24) is 4.90 Å². The molecule has 0 spiro atoms. The van der Waals surface area contributed by atoms with Gasteiger partial charge in [0.15, 0.2) is 11.4 Å². The van der Waals surface area contributed by atoms with Crippen molar-refractivity contribution in [1.29, 1.82) is 0 Å². The van der Waals surface area contributed by atoms with E-state index in [0.29, 0.717) is 17.7 Å². The van der Waals surface area contributed by atoms with Crippen molar-refractivity contribution in [2.45, 2.75) is 202 Å². The molecular formula is C53H82N4O8P+. The SMILES string of the molecule is CN(C)c1cc(NC(=O)CCCCCCCCCCC[P+](C2CCCCC2)(C2CCCCC2)C2CCCCC2)c(O)c2c1C[C@H]1C[C@H]3[C@H](N(C)C)C(=O)C(C(N)=O)=C(O)[C@@]3(O)C(=O)C1=C2O. The van der Waals surface area contributed by atoms with Gasteiger partial charge in [0.25, 0.3) is 5.91 Å². The van der Waals surface area contributed by atoms with Gasteiger partial charge in [-0.15, -0.1) is 0 Å². The van der Waals surface area contributed by atoms with Crippen LogP contribution in [0.1, 0.15) is 178 Å². The molecule has 4 atom stereocenters. The van der Waals surface area contributed by atoms with Crippen molar-refractivity contribution in [3.05, 3.63) is 34.1 Å². The molecule has 0 radical (unpaired) electrons. The van der Waals surface area contributed by atoms with Crippen LogP contribution in [0, 0.1) is 11.8 Å². The van der Waals surface area contributed by atoms with Crippen LogP contribution >= 0.6 is 7.26 Å². The van der Waals surface area contributed by atoms with E-state index in [4.69, 9.17) is 5.73 Å². The summed E-state index contributed by atoms with van der Waals surface area (Å²) in [6, 6.07) is 0.505. The van der Waals surface area contributed by atoms with E-state index in [-0.39, 0.29) is 42.0 Å². The number of anilines is 2. The van der Waals surface area contributed by atoms with E-state index < -0.39 is 71.1 Å². The Hall–Kier alpha value is -3.47. The Kier molecular flexibility index (Phi) is 16.7. The summed E-state index contributed by atoms with van der Waals surface area (Å²) >= 11 is 0. The number of ketones is 2. The van der Waals surface area contributed by atoms with E-state index in [1.807, 2.05) is 0 Å². The van der Waals surface area contributed by atoms with Crippen LogP contribution in [0.2, 0.25) is 0 Å². The van der Waals surface area contributed by atoms with Crippen molar-refractivity contribution >= 4 is 47.8 Å². The Morgan fingerprint density at radius 3 is 1.74 bits per heavy atom. The smallest absolute Gasteiger partial charge is 0.255 e. The highest BCUT2D eigenvalue weighted by Crippen LogP contribution is 2.77. The van der Waals surface area contributed by atoms with E-state index in [9.17, 15) is 39.6 Å². The maximum absolute atomic E-state index is 14.3. The van der Waals surface area contributed by atoms with Crippen LogP contribution < -0.4 is 16.0 Å². The average molecular weight is 934 g/mol. The number of aliphatic hydroxyl groups excluding tert-OH is 2.